The summed E-state index contributed by atoms with van der Waals surface area (Å²) in [5, 5.41) is 11.3. The molecule has 0 spiro atoms. The Bertz CT molecular complexity index is 1060. The third-order valence-corrected chi connectivity index (χ3v) is 6.47. The standard InChI is InChI=1S/C29H38N2O5/c1-5-9-19-36-24-12-10-11-22(20-24)26-25(27(32)21-13-15-23(16-14-21)35-8-4)28(33)29(34)31(26)18-17-30(6-2)7-3/h10-16,20,26,32H,5-9,17-19H2,1-4H3/b27-25+. The summed E-state index contributed by atoms with van der Waals surface area (Å²) in [4.78, 5) is 30.3. The molecule has 0 saturated carbocycles. The van der Waals surface area contributed by atoms with E-state index in [9.17, 15) is 14.7 Å². The van der Waals surface area contributed by atoms with Crippen molar-refractivity contribution in [1.29, 1.82) is 0 Å². The Hall–Kier alpha value is -3.32. The molecule has 2 aromatic carbocycles. The summed E-state index contributed by atoms with van der Waals surface area (Å²) in [7, 11) is 0. The van der Waals surface area contributed by atoms with Crippen LogP contribution in [0.15, 0.2) is 54.1 Å². The van der Waals surface area contributed by atoms with Gasteiger partial charge in [0.1, 0.15) is 17.3 Å². The van der Waals surface area contributed by atoms with E-state index in [1.165, 1.54) is 0 Å². The molecule has 0 aromatic heterocycles. The fourth-order valence-corrected chi connectivity index (χ4v) is 4.39. The molecule has 2 aromatic rings. The number of carbonyl (C=O) groups excluding carboxylic acids is 2. The van der Waals surface area contributed by atoms with Crippen LogP contribution < -0.4 is 9.47 Å². The Morgan fingerprint density at radius 2 is 1.69 bits per heavy atom. The van der Waals surface area contributed by atoms with Gasteiger partial charge in [-0.1, -0.05) is 39.3 Å². The van der Waals surface area contributed by atoms with Crippen LogP contribution in [0.3, 0.4) is 0 Å². The van der Waals surface area contributed by atoms with Crippen molar-refractivity contribution in [2.24, 2.45) is 0 Å². The fraction of sp³-hybridized carbons (Fsp3) is 0.448. The van der Waals surface area contributed by atoms with E-state index in [-0.39, 0.29) is 11.3 Å². The highest BCUT2D eigenvalue weighted by Crippen LogP contribution is 2.40. The topological polar surface area (TPSA) is 79.3 Å². The highest BCUT2D eigenvalue weighted by molar-refractivity contribution is 6.46. The largest absolute Gasteiger partial charge is 0.507 e. The summed E-state index contributed by atoms with van der Waals surface area (Å²) < 4.78 is 11.4. The normalized spacial score (nSPS) is 17.1. The highest BCUT2D eigenvalue weighted by atomic mass is 16.5. The van der Waals surface area contributed by atoms with Gasteiger partial charge in [0.15, 0.2) is 0 Å². The van der Waals surface area contributed by atoms with E-state index in [4.69, 9.17) is 9.47 Å². The second-order valence-electron chi connectivity index (χ2n) is 8.75. The van der Waals surface area contributed by atoms with Gasteiger partial charge >= 0.3 is 0 Å². The smallest absolute Gasteiger partial charge is 0.295 e. The van der Waals surface area contributed by atoms with E-state index in [0.29, 0.717) is 43.4 Å². The minimum Gasteiger partial charge on any atom is -0.507 e. The van der Waals surface area contributed by atoms with E-state index in [1.807, 2.05) is 31.2 Å². The third kappa shape index (κ3) is 6.26. The van der Waals surface area contributed by atoms with Gasteiger partial charge in [-0.15, -0.1) is 0 Å². The first-order valence-corrected chi connectivity index (χ1v) is 12.9. The molecule has 1 aliphatic rings. The first-order chi connectivity index (χ1) is 17.4. The number of nitrogens with zero attached hydrogens (tertiary/aromatic N) is 2. The van der Waals surface area contributed by atoms with Gasteiger partial charge in [-0.3, -0.25) is 9.59 Å². The summed E-state index contributed by atoms with van der Waals surface area (Å²) in [5.41, 5.74) is 1.28. The van der Waals surface area contributed by atoms with E-state index < -0.39 is 17.7 Å². The maximum absolute atomic E-state index is 13.3. The highest BCUT2D eigenvalue weighted by Gasteiger charge is 2.46. The molecule has 1 unspecified atom stereocenters. The van der Waals surface area contributed by atoms with Crippen LogP contribution in [0.1, 0.15) is 57.7 Å². The molecular formula is C29H38N2O5. The Morgan fingerprint density at radius 1 is 0.972 bits per heavy atom. The number of amides is 1. The SMILES string of the molecule is CCCCOc1cccc(C2/C(=C(\O)c3ccc(OCC)cc3)C(=O)C(=O)N2CCN(CC)CC)c1. The number of unbranched alkanes of at least 4 members (excludes halogenated alkanes) is 1. The maximum Gasteiger partial charge on any atom is 0.295 e. The number of rotatable bonds is 13. The summed E-state index contributed by atoms with van der Waals surface area (Å²) in [6, 6.07) is 13.6. The number of likely N-dealkylation sites (N-methyl/N-ethyl adjacent to an activating group) is 1. The van der Waals surface area contributed by atoms with Crippen molar-refractivity contribution in [2.45, 2.75) is 46.6 Å². The molecule has 1 aliphatic heterocycles. The molecule has 1 saturated heterocycles. The lowest BCUT2D eigenvalue weighted by molar-refractivity contribution is -0.140. The van der Waals surface area contributed by atoms with Gasteiger partial charge in [0.05, 0.1) is 24.8 Å². The molecule has 1 heterocycles. The first kappa shape index (κ1) is 27.3. The van der Waals surface area contributed by atoms with Crippen LogP contribution in [0.2, 0.25) is 0 Å². The number of likely N-dealkylation sites (tertiary alicyclic amines) is 1. The fourth-order valence-electron chi connectivity index (χ4n) is 4.39. The lowest BCUT2D eigenvalue weighted by atomic mass is 9.95. The first-order valence-electron chi connectivity index (χ1n) is 12.9. The summed E-state index contributed by atoms with van der Waals surface area (Å²) >= 11 is 0. The lowest BCUT2D eigenvalue weighted by Gasteiger charge is -2.28. The number of aliphatic hydroxyl groups excluding tert-OH is 1. The Balaban J connectivity index is 2.04. The van der Waals surface area contributed by atoms with Gasteiger partial charge in [0, 0.05) is 18.7 Å². The number of aliphatic hydroxyl groups is 1. The maximum atomic E-state index is 13.3. The van der Waals surface area contributed by atoms with Gasteiger partial charge in [-0.2, -0.15) is 0 Å². The van der Waals surface area contributed by atoms with Gasteiger partial charge < -0.3 is 24.4 Å². The lowest BCUT2D eigenvalue weighted by Crippen LogP contribution is -2.38. The molecule has 194 valence electrons. The van der Waals surface area contributed by atoms with Crippen molar-refractivity contribution < 1.29 is 24.2 Å². The molecule has 7 nitrogen and oxygen atoms in total. The molecule has 36 heavy (non-hydrogen) atoms. The van der Waals surface area contributed by atoms with Gasteiger partial charge in [-0.25, -0.2) is 0 Å². The van der Waals surface area contributed by atoms with Crippen molar-refractivity contribution in [3.63, 3.8) is 0 Å². The molecule has 1 fully saturated rings. The second kappa shape index (κ2) is 13.1. The molecule has 7 heteroatoms. The molecule has 1 amide bonds. The van der Waals surface area contributed by atoms with Gasteiger partial charge in [0.2, 0.25) is 0 Å². The average Bonchev–Trinajstić information content (AvgIpc) is 3.15. The molecular weight excluding hydrogens is 456 g/mol. The average molecular weight is 495 g/mol. The summed E-state index contributed by atoms with van der Waals surface area (Å²) in [6.07, 6.45) is 1.96. The quantitative estimate of drug-likeness (QED) is 0.182. The predicted molar refractivity (Wildman–Crippen MR) is 141 cm³/mol. The minimum atomic E-state index is -0.707. The Morgan fingerprint density at radius 3 is 2.33 bits per heavy atom. The van der Waals surface area contributed by atoms with E-state index in [1.54, 1.807) is 29.2 Å². The number of hydrogen-bond donors (Lipinski definition) is 1. The Labute approximate surface area is 214 Å². The molecule has 0 aliphatic carbocycles. The number of Topliss-reactive ketones (excluding diaryl/α,β-unsaturated/α-hetero) is 1. The van der Waals surface area contributed by atoms with Gasteiger partial charge in [-0.05, 0) is 68.4 Å². The van der Waals surface area contributed by atoms with Crippen molar-refractivity contribution in [3.8, 4) is 11.5 Å². The number of ketones is 1. The number of ether oxygens (including phenoxy) is 2. The number of carbonyl (C=O) groups is 2. The van der Waals surface area contributed by atoms with Crippen molar-refractivity contribution in [2.75, 3.05) is 39.4 Å². The van der Waals surface area contributed by atoms with Crippen molar-refractivity contribution >= 4 is 17.4 Å². The number of benzene rings is 2. The van der Waals surface area contributed by atoms with Crippen LogP contribution in [-0.2, 0) is 9.59 Å². The zero-order valence-electron chi connectivity index (χ0n) is 21.8. The minimum absolute atomic E-state index is 0.0921. The van der Waals surface area contributed by atoms with Crippen LogP contribution in [0.5, 0.6) is 11.5 Å². The third-order valence-electron chi connectivity index (χ3n) is 6.47. The van der Waals surface area contributed by atoms with Crippen LogP contribution in [-0.4, -0.2) is 66.0 Å². The van der Waals surface area contributed by atoms with Crippen molar-refractivity contribution in [1.82, 2.24) is 9.80 Å². The summed E-state index contributed by atoms with van der Waals surface area (Å²) in [5.74, 6) is -0.122. The molecule has 0 bridgehead atoms. The zero-order chi connectivity index (χ0) is 26.1. The van der Waals surface area contributed by atoms with Crippen LogP contribution in [0.25, 0.3) is 5.76 Å². The van der Waals surface area contributed by atoms with E-state index >= 15 is 0 Å². The number of hydrogen-bond acceptors (Lipinski definition) is 6. The van der Waals surface area contributed by atoms with Crippen LogP contribution in [0.4, 0.5) is 0 Å². The van der Waals surface area contributed by atoms with Gasteiger partial charge in [0.25, 0.3) is 11.7 Å². The van der Waals surface area contributed by atoms with Crippen molar-refractivity contribution in [3.05, 3.63) is 65.2 Å². The monoisotopic (exact) mass is 494 g/mol. The molecule has 3 rings (SSSR count). The van der Waals surface area contributed by atoms with E-state index in [0.717, 1.165) is 31.5 Å². The Kier molecular flexibility index (Phi) is 9.94. The van der Waals surface area contributed by atoms with Crippen LogP contribution >= 0.6 is 0 Å². The summed E-state index contributed by atoms with van der Waals surface area (Å²) in [6.45, 7) is 11.9. The molecule has 1 N–H and O–H groups in total. The second-order valence-corrected chi connectivity index (χ2v) is 8.75. The van der Waals surface area contributed by atoms with Crippen LogP contribution in [0, 0.1) is 0 Å². The van der Waals surface area contributed by atoms with E-state index in [2.05, 4.69) is 25.7 Å². The molecule has 0 radical (unpaired) electrons. The molecule has 1 atom stereocenters. The predicted octanol–water partition coefficient (Wildman–Crippen LogP) is 5.03. The zero-order valence-corrected chi connectivity index (χ0v) is 21.8.